The maximum atomic E-state index is 12.7. The Labute approximate surface area is 210 Å². The van der Waals surface area contributed by atoms with Crippen LogP contribution in [-0.4, -0.2) is 26.4 Å². The van der Waals surface area contributed by atoms with Crippen LogP contribution in [0.2, 0.25) is 0 Å². The van der Waals surface area contributed by atoms with Gasteiger partial charge in [0.15, 0.2) is 11.0 Å². The molecule has 3 aromatic carbocycles. The van der Waals surface area contributed by atoms with Crippen molar-refractivity contribution >= 4 is 34.1 Å². The molecule has 4 rings (SSSR count). The first-order valence-electron chi connectivity index (χ1n) is 11.6. The standard InChI is InChI=1S/C28H30N4O2S/c1-5-15-32-26(17-34-25-16-20(4)13-14-22(25)19(2)3)30-31-28(32)35-18-27(33)29-24-12-8-10-21-9-6-7-11-23(21)24/h5-14,16,19H,1,15,17-18H2,2-4H3,(H,29,33). The van der Waals surface area contributed by atoms with E-state index >= 15 is 0 Å². The first-order chi connectivity index (χ1) is 17.0. The summed E-state index contributed by atoms with van der Waals surface area (Å²) in [5.74, 6) is 2.02. The van der Waals surface area contributed by atoms with E-state index in [1.165, 1.54) is 11.8 Å². The topological polar surface area (TPSA) is 69.0 Å². The van der Waals surface area contributed by atoms with Gasteiger partial charge in [0, 0.05) is 17.6 Å². The lowest BCUT2D eigenvalue weighted by Crippen LogP contribution is -2.15. The molecule has 0 aliphatic rings. The van der Waals surface area contributed by atoms with Crippen molar-refractivity contribution in [3.8, 4) is 5.75 Å². The first kappa shape index (κ1) is 24.5. The molecule has 0 bridgehead atoms. The molecule has 0 aliphatic heterocycles. The van der Waals surface area contributed by atoms with Crippen molar-refractivity contribution < 1.29 is 9.53 Å². The Morgan fingerprint density at radius 2 is 1.94 bits per heavy atom. The summed E-state index contributed by atoms with van der Waals surface area (Å²) in [6.07, 6.45) is 1.79. The van der Waals surface area contributed by atoms with Crippen molar-refractivity contribution in [2.24, 2.45) is 0 Å². The number of hydrogen-bond acceptors (Lipinski definition) is 5. The summed E-state index contributed by atoms with van der Waals surface area (Å²) in [5.41, 5.74) is 3.10. The van der Waals surface area contributed by atoms with Gasteiger partial charge < -0.3 is 10.1 Å². The lowest BCUT2D eigenvalue weighted by Gasteiger charge is -2.15. The fraction of sp³-hybridized carbons (Fsp3) is 0.250. The van der Waals surface area contributed by atoms with E-state index in [0.29, 0.717) is 23.4 Å². The number of carbonyl (C=O) groups excluding carboxylic acids is 1. The second-order valence-electron chi connectivity index (χ2n) is 8.65. The predicted octanol–water partition coefficient (Wildman–Crippen LogP) is 6.36. The van der Waals surface area contributed by atoms with Crippen molar-refractivity contribution in [2.75, 3.05) is 11.1 Å². The van der Waals surface area contributed by atoms with E-state index in [1.54, 1.807) is 6.08 Å². The number of thioether (sulfide) groups is 1. The highest BCUT2D eigenvalue weighted by Crippen LogP contribution is 2.29. The smallest absolute Gasteiger partial charge is 0.234 e. The van der Waals surface area contributed by atoms with Crippen LogP contribution in [-0.2, 0) is 17.9 Å². The summed E-state index contributed by atoms with van der Waals surface area (Å²) >= 11 is 1.35. The molecule has 7 heteroatoms. The highest BCUT2D eigenvalue weighted by molar-refractivity contribution is 7.99. The molecule has 1 N–H and O–H groups in total. The van der Waals surface area contributed by atoms with Gasteiger partial charge in [-0.25, -0.2) is 0 Å². The second-order valence-corrected chi connectivity index (χ2v) is 9.59. The van der Waals surface area contributed by atoms with Crippen molar-refractivity contribution in [1.82, 2.24) is 14.8 Å². The quantitative estimate of drug-likeness (QED) is 0.209. The highest BCUT2D eigenvalue weighted by atomic mass is 32.2. The summed E-state index contributed by atoms with van der Waals surface area (Å²) < 4.78 is 8.10. The molecule has 0 saturated carbocycles. The molecule has 1 amide bonds. The average molecular weight is 487 g/mol. The SMILES string of the molecule is C=CCn1c(COc2cc(C)ccc2C(C)C)nnc1SCC(=O)Nc1cccc2ccccc12. The summed E-state index contributed by atoms with van der Waals surface area (Å²) in [4.78, 5) is 12.7. The number of hydrogen-bond donors (Lipinski definition) is 1. The molecular weight excluding hydrogens is 456 g/mol. The molecule has 4 aromatic rings. The zero-order valence-corrected chi connectivity index (χ0v) is 21.1. The Kier molecular flexibility index (Phi) is 7.87. The maximum Gasteiger partial charge on any atom is 0.234 e. The average Bonchev–Trinajstić information content (AvgIpc) is 3.23. The van der Waals surface area contributed by atoms with Gasteiger partial charge in [0.25, 0.3) is 0 Å². The molecule has 1 aromatic heterocycles. The number of nitrogens with zero attached hydrogens (tertiary/aromatic N) is 3. The number of fused-ring (bicyclic) bond motifs is 1. The van der Waals surface area contributed by atoms with Crippen LogP contribution in [0.3, 0.4) is 0 Å². The van der Waals surface area contributed by atoms with E-state index < -0.39 is 0 Å². The number of benzene rings is 3. The zero-order valence-electron chi connectivity index (χ0n) is 20.3. The Hall–Kier alpha value is -3.58. The van der Waals surface area contributed by atoms with Crippen molar-refractivity contribution in [2.45, 2.75) is 45.0 Å². The molecular formula is C28H30N4O2S. The summed E-state index contributed by atoms with van der Waals surface area (Å²) in [6.45, 7) is 11.0. The van der Waals surface area contributed by atoms with E-state index in [0.717, 1.165) is 33.3 Å². The molecule has 0 atom stereocenters. The van der Waals surface area contributed by atoms with Crippen LogP contribution in [0.5, 0.6) is 5.75 Å². The first-order valence-corrected chi connectivity index (χ1v) is 12.6. The summed E-state index contributed by atoms with van der Waals surface area (Å²) in [7, 11) is 0. The van der Waals surface area contributed by atoms with E-state index in [9.17, 15) is 4.79 Å². The normalized spacial score (nSPS) is 11.1. The number of allylic oxidation sites excluding steroid dienone is 1. The monoisotopic (exact) mass is 486 g/mol. The van der Waals surface area contributed by atoms with Crippen LogP contribution in [0, 0.1) is 6.92 Å². The fourth-order valence-corrected chi connectivity index (χ4v) is 4.65. The minimum Gasteiger partial charge on any atom is -0.485 e. The maximum absolute atomic E-state index is 12.7. The van der Waals surface area contributed by atoms with Gasteiger partial charge in [-0.15, -0.1) is 16.8 Å². The van der Waals surface area contributed by atoms with Gasteiger partial charge >= 0.3 is 0 Å². The van der Waals surface area contributed by atoms with Crippen LogP contribution >= 0.6 is 11.8 Å². The number of carbonyl (C=O) groups is 1. The van der Waals surface area contributed by atoms with Crippen LogP contribution < -0.4 is 10.1 Å². The van der Waals surface area contributed by atoms with Crippen LogP contribution in [0.4, 0.5) is 5.69 Å². The highest BCUT2D eigenvalue weighted by Gasteiger charge is 2.16. The molecule has 0 fully saturated rings. The zero-order chi connectivity index (χ0) is 24.8. The number of aryl methyl sites for hydroxylation is 1. The van der Waals surface area contributed by atoms with Gasteiger partial charge in [-0.3, -0.25) is 9.36 Å². The van der Waals surface area contributed by atoms with Crippen molar-refractivity contribution in [3.05, 3.63) is 90.3 Å². The number of nitrogens with one attached hydrogen (secondary N) is 1. The third-order valence-electron chi connectivity index (χ3n) is 5.65. The number of aromatic nitrogens is 3. The van der Waals surface area contributed by atoms with Crippen LogP contribution in [0.25, 0.3) is 10.8 Å². The Balaban J connectivity index is 1.44. The minimum absolute atomic E-state index is 0.0985. The summed E-state index contributed by atoms with van der Waals surface area (Å²) in [6, 6.07) is 20.1. The molecule has 1 heterocycles. The molecule has 0 unspecified atom stereocenters. The van der Waals surface area contributed by atoms with E-state index in [2.05, 4.69) is 61.1 Å². The lowest BCUT2D eigenvalue weighted by molar-refractivity contribution is -0.113. The number of amides is 1. The van der Waals surface area contributed by atoms with Gasteiger partial charge in [0.1, 0.15) is 12.4 Å². The van der Waals surface area contributed by atoms with E-state index in [1.807, 2.05) is 47.0 Å². The predicted molar refractivity (Wildman–Crippen MR) is 143 cm³/mol. The van der Waals surface area contributed by atoms with Crippen molar-refractivity contribution in [3.63, 3.8) is 0 Å². The molecule has 0 spiro atoms. The molecule has 180 valence electrons. The fourth-order valence-electron chi connectivity index (χ4n) is 3.88. The Morgan fingerprint density at radius 3 is 2.74 bits per heavy atom. The number of anilines is 1. The van der Waals surface area contributed by atoms with E-state index in [4.69, 9.17) is 4.74 Å². The molecule has 0 aliphatic carbocycles. The largest absolute Gasteiger partial charge is 0.485 e. The number of ether oxygens (including phenoxy) is 1. The van der Waals surface area contributed by atoms with Crippen molar-refractivity contribution in [1.29, 1.82) is 0 Å². The third kappa shape index (κ3) is 5.92. The van der Waals surface area contributed by atoms with Gasteiger partial charge in [-0.05, 0) is 41.5 Å². The van der Waals surface area contributed by atoms with Gasteiger partial charge in [0.05, 0.1) is 5.75 Å². The molecule has 0 saturated heterocycles. The van der Waals surface area contributed by atoms with Gasteiger partial charge in [-0.2, -0.15) is 0 Å². The minimum atomic E-state index is -0.0985. The Bertz CT molecular complexity index is 1340. The second kappa shape index (κ2) is 11.2. The lowest BCUT2D eigenvalue weighted by atomic mass is 10.0. The molecule has 35 heavy (non-hydrogen) atoms. The van der Waals surface area contributed by atoms with E-state index in [-0.39, 0.29) is 18.3 Å². The third-order valence-corrected chi connectivity index (χ3v) is 6.62. The molecule has 6 nitrogen and oxygen atoms in total. The van der Waals surface area contributed by atoms with Gasteiger partial charge in [-0.1, -0.05) is 80.2 Å². The number of rotatable bonds is 10. The Morgan fingerprint density at radius 1 is 1.14 bits per heavy atom. The van der Waals surface area contributed by atoms with Gasteiger partial charge in [0.2, 0.25) is 5.91 Å². The summed E-state index contributed by atoms with van der Waals surface area (Å²) in [5, 5.41) is 14.4. The van der Waals surface area contributed by atoms with Crippen LogP contribution in [0.15, 0.2) is 78.5 Å². The molecule has 0 radical (unpaired) electrons. The van der Waals surface area contributed by atoms with Crippen LogP contribution in [0.1, 0.15) is 36.7 Å².